The van der Waals surface area contributed by atoms with Crippen LogP contribution in [0.2, 0.25) is 60.5 Å². The van der Waals surface area contributed by atoms with Crippen LogP contribution >= 0.6 is 0 Å². The summed E-state index contributed by atoms with van der Waals surface area (Å²) in [6, 6.07) is 0. The Morgan fingerprint density at radius 2 is 0.183 bits per heavy atom. The second-order valence-corrected chi connectivity index (χ2v) is 53.2. The summed E-state index contributed by atoms with van der Waals surface area (Å²) in [7, 11) is -10.4. The van der Waals surface area contributed by atoms with Crippen LogP contribution < -0.4 is 137 Å². The maximum Gasteiger partial charge on any atom is 1.00 e. The second-order valence-electron chi connectivity index (χ2n) is 29.7. The van der Waals surface area contributed by atoms with Crippen molar-refractivity contribution in [3.63, 3.8) is 0 Å². The fraction of sp³-hybridized carbons (Fsp3) is 1.00. The van der Waals surface area contributed by atoms with Gasteiger partial charge in [-0.05, 0) is 33.3 Å². The number of hydrogen-bond acceptors (Lipinski definition) is 4. The predicted octanol–water partition coefficient (Wildman–Crippen LogP) is 2.79. The fourth-order valence-corrected chi connectivity index (χ4v) is 40.5. The van der Waals surface area contributed by atoms with E-state index in [0.29, 0.717) is 0 Å². The Kier molecular flexibility index (Phi) is 33.6. The smallest absolute Gasteiger partial charge is 0.857 e. The SMILES string of the molecule is CC(C)(C)[Si]([O-])(C(C)(C)C)C(C)(C)C.CC(C)(C)[Si]([O-])(C(C)(C)C)C(C)(C)C.CC(C)(C)[Si]([O-])(C(C)(C)C)C(C)(C)C.CC(C)(C)[Si]([O-])(C(C)(C)C)C(C)(C)C.[Na+].[Na+].[Na+].[Na+]. The predicted molar refractivity (Wildman–Crippen MR) is 260 cm³/mol. The molecule has 12 heteroatoms. The fourth-order valence-electron chi connectivity index (χ4n) is 13.5. The van der Waals surface area contributed by atoms with E-state index in [1.807, 2.05) is 0 Å². The molecular weight excluding hydrogens is 845 g/mol. The van der Waals surface area contributed by atoms with Crippen LogP contribution in [-0.2, 0) is 0 Å². The molecule has 0 unspecified atom stereocenters. The maximum atomic E-state index is 13.3. The minimum absolute atomic E-state index is 0. The molecule has 0 aromatic heterocycles. The van der Waals surface area contributed by atoms with E-state index in [2.05, 4.69) is 249 Å². The molecule has 0 N–H and O–H groups in total. The van der Waals surface area contributed by atoms with Gasteiger partial charge < -0.3 is 19.2 Å². The molecule has 0 aliphatic carbocycles. The summed E-state index contributed by atoms with van der Waals surface area (Å²) in [6.07, 6.45) is 0. The molecule has 60 heavy (non-hydrogen) atoms. The molecule has 0 fully saturated rings. The molecule has 0 saturated carbocycles. The van der Waals surface area contributed by atoms with E-state index in [-0.39, 0.29) is 179 Å². The summed E-state index contributed by atoms with van der Waals surface area (Å²) in [6.45, 7) is 76.1. The Morgan fingerprint density at radius 3 is 0.183 bits per heavy atom. The first-order chi connectivity index (χ1) is 23.0. The Morgan fingerprint density at radius 1 is 0.150 bits per heavy atom. The third kappa shape index (κ3) is 18.8. The van der Waals surface area contributed by atoms with Gasteiger partial charge in [0, 0.05) is 0 Å². The molecule has 4 nitrogen and oxygen atoms in total. The van der Waals surface area contributed by atoms with Crippen molar-refractivity contribution in [3.05, 3.63) is 0 Å². The largest absolute Gasteiger partial charge is 1.00 e. The number of rotatable bonds is 0. The third-order valence-electron chi connectivity index (χ3n) is 12.7. The zero-order chi connectivity index (χ0) is 48.0. The van der Waals surface area contributed by atoms with E-state index in [4.69, 9.17) is 0 Å². The minimum atomic E-state index is -2.60. The van der Waals surface area contributed by atoms with Crippen molar-refractivity contribution >= 4 is 33.3 Å². The molecule has 0 spiro atoms. The van der Waals surface area contributed by atoms with E-state index in [9.17, 15) is 19.2 Å². The van der Waals surface area contributed by atoms with Gasteiger partial charge in [-0.2, -0.15) is 0 Å². The summed E-state index contributed by atoms with van der Waals surface area (Å²) < 4.78 is 0. The molecular formula is C48H108Na4O4Si4. The summed E-state index contributed by atoms with van der Waals surface area (Å²) in [5.74, 6) is 0. The normalized spacial score (nSPS) is 14.8. The van der Waals surface area contributed by atoms with Crippen LogP contribution in [0.25, 0.3) is 0 Å². The average molecular weight is 954 g/mol. The summed E-state index contributed by atoms with van der Waals surface area (Å²) >= 11 is 0. The van der Waals surface area contributed by atoms with Gasteiger partial charge in [0.2, 0.25) is 0 Å². The van der Waals surface area contributed by atoms with Crippen LogP contribution in [-0.4, -0.2) is 33.3 Å². The van der Waals surface area contributed by atoms with Gasteiger partial charge in [0.25, 0.3) is 0 Å². The van der Waals surface area contributed by atoms with Crippen molar-refractivity contribution < 1.29 is 137 Å². The zero-order valence-electron chi connectivity index (χ0n) is 49.6. The first-order valence-corrected chi connectivity index (χ1v) is 29.4. The molecule has 0 aromatic carbocycles. The van der Waals surface area contributed by atoms with Gasteiger partial charge in [-0.3, -0.25) is 0 Å². The van der Waals surface area contributed by atoms with E-state index < -0.39 is 33.3 Å². The van der Waals surface area contributed by atoms with Crippen molar-refractivity contribution in [3.8, 4) is 0 Å². The van der Waals surface area contributed by atoms with Crippen LogP contribution in [0, 0.1) is 0 Å². The first kappa shape index (κ1) is 81.7. The Bertz CT molecular complexity index is 868. The zero-order valence-corrected chi connectivity index (χ0v) is 61.6. The van der Waals surface area contributed by atoms with Gasteiger partial charge in [-0.1, -0.05) is 310 Å². The maximum absolute atomic E-state index is 13.3. The van der Waals surface area contributed by atoms with Crippen molar-refractivity contribution in [2.24, 2.45) is 0 Å². The second kappa shape index (κ2) is 24.7. The summed E-state index contributed by atoms with van der Waals surface area (Å²) in [4.78, 5) is 53.2. The molecule has 0 radical (unpaired) electrons. The molecule has 0 amide bonds. The summed E-state index contributed by atoms with van der Waals surface area (Å²) in [5.41, 5.74) is 0. The van der Waals surface area contributed by atoms with Crippen LogP contribution in [0.1, 0.15) is 249 Å². The van der Waals surface area contributed by atoms with E-state index in [0.717, 1.165) is 0 Å². The van der Waals surface area contributed by atoms with Gasteiger partial charge in [-0.25, -0.2) is 0 Å². The van der Waals surface area contributed by atoms with Crippen molar-refractivity contribution in [1.82, 2.24) is 0 Å². The van der Waals surface area contributed by atoms with Gasteiger partial charge in [0.1, 0.15) is 0 Å². The monoisotopic (exact) mass is 953 g/mol. The third-order valence-corrected chi connectivity index (χ3v) is 38.0. The van der Waals surface area contributed by atoms with Crippen LogP contribution in [0.15, 0.2) is 0 Å². The molecule has 0 atom stereocenters. The number of hydrogen-bond donors (Lipinski definition) is 0. The quantitative estimate of drug-likeness (QED) is 0.350. The van der Waals surface area contributed by atoms with Crippen LogP contribution in [0.5, 0.6) is 0 Å². The molecule has 0 aliphatic heterocycles. The van der Waals surface area contributed by atoms with Gasteiger partial charge >= 0.3 is 118 Å². The average Bonchev–Trinajstić information content (AvgIpc) is 2.79. The Labute approximate surface area is 474 Å². The minimum Gasteiger partial charge on any atom is -0.857 e. The molecule has 344 valence electrons. The van der Waals surface area contributed by atoms with Gasteiger partial charge in [0.05, 0.1) is 0 Å². The molecule has 0 rings (SSSR count). The van der Waals surface area contributed by atoms with Gasteiger partial charge in [0.15, 0.2) is 0 Å². The molecule has 0 bridgehead atoms. The van der Waals surface area contributed by atoms with Crippen molar-refractivity contribution in [1.29, 1.82) is 0 Å². The first-order valence-electron chi connectivity index (χ1n) is 21.8. The molecule has 0 heterocycles. The molecule has 0 aliphatic rings. The standard InChI is InChI=1S/4C12H27OSi.4Na/c4*1-10(2,3)14(13,11(4,5)6)12(7,8)9;;;;/h4*1-9H3;;;;/q4*-1;4*+1. The van der Waals surface area contributed by atoms with E-state index >= 15 is 0 Å². The Balaban J connectivity index is -0.0000000980. The van der Waals surface area contributed by atoms with E-state index in [1.54, 1.807) is 0 Å². The van der Waals surface area contributed by atoms with Gasteiger partial charge in [-0.15, -0.1) is 0 Å². The van der Waals surface area contributed by atoms with E-state index in [1.165, 1.54) is 0 Å². The van der Waals surface area contributed by atoms with Crippen LogP contribution in [0.3, 0.4) is 0 Å². The van der Waals surface area contributed by atoms with Crippen molar-refractivity contribution in [2.45, 2.75) is 310 Å². The molecule has 0 aromatic rings. The summed E-state index contributed by atoms with van der Waals surface area (Å²) in [5, 5.41) is -1.12. The van der Waals surface area contributed by atoms with Crippen LogP contribution in [0.4, 0.5) is 0 Å². The Hall–Kier alpha value is 4.71. The molecule has 0 saturated heterocycles. The topological polar surface area (TPSA) is 92.2 Å². The van der Waals surface area contributed by atoms with Crippen molar-refractivity contribution in [2.75, 3.05) is 0 Å².